The van der Waals surface area contributed by atoms with Gasteiger partial charge in [0, 0.05) is 21.6 Å². The maximum Gasteiger partial charge on any atom is 0.270 e. The molecule has 3 aromatic rings. The van der Waals surface area contributed by atoms with Crippen LogP contribution in [0.25, 0.3) is 10.9 Å². The van der Waals surface area contributed by atoms with Crippen molar-refractivity contribution in [1.82, 2.24) is 15.0 Å². The first-order valence-corrected chi connectivity index (χ1v) is 7.90. The summed E-state index contributed by atoms with van der Waals surface area (Å²) in [6, 6.07) is 6.54. The average Bonchev–Trinajstić information content (AvgIpc) is 2.79. The third-order valence-electron chi connectivity index (χ3n) is 3.13. The molecule has 3 rings (SSSR count). The fraction of sp³-hybridized carbons (Fsp3) is 0.0714. The first kappa shape index (κ1) is 16.3. The maximum atomic E-state index is 11.9. The molecular formula is C14H10BrN5O3S. The lowest BCUT2D eigenvalue weighted by atomic mass is 10.2. The first-order valence-electron chi connectivity index (χ1n) is 6.69. The number of nitrogens with zero attached hydrogens (tertiary/aromatic N) is 2. The molecule has 0 saturated heterocycles. The predicted molar refractivity (Wildman–Crippen MR) is 93.1 cm³/mol. The van der Waals surface area contributed by atoms with E-state index in [0.29, 0.717) is 16.6 Å². The Morgan fingerprint density at radius 3 is 2.79 bits per heavy atom. The molecule has 8 nitrogen and oxygen atoms in total. The number of amides is 1. The van der Waals surface area contributed by atoms with E-state index in [0.717, 1.165) is 4.47 Å². The Morgan fingerprint density at radius 2 is 2.04 bits per heavy atom. The Morgan fingerprint density at radius 1 is 1.25 bits per heavy atom. The van der Waals surface area contributed by atoms with Gasteiger partial charge in [-0.2, -0.15) is 0 Å². The number of carbonyl (C=O) groups excluding carboxylic acids is 1. The standard InChI is InChI=1S/C14H10BrN5O3S/c15-6-1-2-9-8(3-6)12(13(23)17-9)20-19-11(22)5-7-4-10(21)18-14(24)16-7/h1-4,17,23H,5H2,(H2,16,18,21,24). The maximum absolute atomic E-state index is 11.9. The zero-order valence-electron chi connectivity index (χ0n) is 12.0. The molecule has 0 saturated carbocycles. The second-order valence-corrected chi connectivity index (χ2v) is 6.22. The van der Waals surface area contributed by atoms with E-state index in [9.17, 15) is 14.7 Å². The number of aromatic nitrogens is 3. The normalized spacial score (nSPS) is 11.4. The van der Waals surface area contributed by atoms with Crippen molar-refractivity contribution in [1.29, 1.82) is 0 Å². The minimum atomic E-state index is -0.588. The summed E-state index contributed by atoms with van der Waals surface area (Å²) >= 11 is 8.17. The molecule has 10 heteroatoms. The molecule has 2 aromatic heterocycles. The Bertz CT molecular complexity index is 1050. The molecule has 2 heterocycles. The molecule has 0 fully saturated rings. The van der Waals surface area contributed by atoms with Gasteiger partial charge in [-0.1, -0.05) is 15.9 Å². The largest absolute Gasteiger partial charge is 0.493 e. The van der Waals surface area contributed by atoms with Crippen molar-refractivity contribution < 1.29 is 9.90 Å². The van der Waals surface area contributed by atoms with Crippen molar-refractivity contribution in [2.45, 2.75) is 6.42 Å². The highest BCUT2D eigenvalue weighted by Gasteiger charge is 2.11. The molecule has 0 bridgehead atoms. The fourth-order valence-corrected chi connectivity index (χ4v) is 2.75. The van der Waals surface area contributed by atoms with Gasteiger partial charge < -0.3 is 15.1 Å². The van der Waals surface area contributed by atoms with Gasteiger partial charge in [0.1, 0.15) is 0 Å². The van der Waals surface area contributed by atoms with Gasteiger partial charge >= 0.3 is 0 Å². The molecule has 1 aromatic carbocycles. The molecule has 0 spiro atoms. The number of aromatic hydroxyl groups is 1. The van der Waals surface area contributed by atoms with Crippen molar-refractivity contribution in [3.63, 3.8) is 0 Å². The molecule has 0 aliphatic carbocycles. The summed E-state index contributed by atoms with van der Waals surface area (Å²) < 4.78 is 0.925. The monoisotopic (exact) mass is 407 g/mol. The lowest BCUT2D eigenvalue weighted by molar-refractivity contribution is -0.117. The molecule has 0 unspecified atom stereocenters. The second-order valence-electron chi connectivity index (χ2n) is 4.90. The number of H-pyrrole nitrogens is 3. The Balaban J connectivity index is 1.86. The number of benzene rings is 1. The Kier molecular flexibility index (Phi) is 4.40. The van der Waals surface area contributed by atoms with Crippen molar-refractivity contribution in [3.05, 3.63) is 49.6 Å². The van der Waals surface area contributed by atoms with Crippen molar-refractivity contribution >= 4 is 50.6 Å². The number of azo groups is 1. The molecule has 24 heavy (non-hydrogen) atoms. The van der Waals surface area contributed by atoms with Crippen LogP contribution in [-0.4, -0.2) is 26.0 Å². The summed E-state index contributed by atoms with van der Waals surface area (Å²) in [7, 11) is 0. The van der Waals surface area contributed by atoms with Crippen LogP contribution in [-0.2, 0) is 11.2 Å². The highest BCUT2D eigenvalue weighted by atomic mass is 79.9. The van der Waals surface area contributed by atoms with Gasteiger partial charge in [-0.25, -0.2) is 0 Å². The zero-order chi connectivity index (χ0) is 17.3. The minimum Gasteiger partial charge on any atom is -0.493 e. The van der Waals surface area contributed by atoms with Gasteiger partial charge in [0.25, 0.3) is 11.5 Å². The van der Waals surface area contributed by atoms with E-state index in [2.05, 4.69) is 41.1 Å². The van der Waals surface area contributed by atoms with E-state index in [1.54, 1.807) is 18.2 Å². The number of rotatable bonds is 3. The number of carbonyl (C=O) groups is 1. The molecule has 0 radical (unpaired) electrons. The molecule has 1 amide bonds. The number of halogens is 1. The van der Waals surface area contributed by atoms with Gasteiger partial charge in [0.2, 0.25) is 5.88 Å². The van der Waals surface area contributed by atoms with Crippen LogP contribution in [0.15, 0.2) is 43.8 Å². The van der Waals surface area contributed by atoms with Crippen LogP contribution in [0.3, 0.4) is 0 Å². The van der Waals surface area contributed by atoms with E-state index in [-0.39, 0.29) is 22.8 Å². The second kappa shape index (κ2) is 6.49. The van der Waals surface area contributed by atoms with Crippen LogP contribution in [0.5, 0.6) is 5.88 Å². The number of fused-ring (bicyclic) bond motifs is 1. The van der Waals surface area contributed by atoms with Crippen molar-refractivity contribution in [2.75, 3.05) is 0 Å². The molecule has 122 valence electrons. The van der Waals surface area contributed by atoms with Crippen LogP contribution in [0.2, 0.25) is 0 Å². The van der Waals surface area contributed by atoms with Gasteiger partial charge in [0.05, 0.1) is 11.9 Å². The van der Waals surface area contributed by atoms with Crippen LogP contribution < -0.4 is 5.56 Å². The first-order chi connectivity index (χ1) is 11.4. The van der Waals surface area contributed by atoms with Gasteiger partial charge in [-0.15, -0.1) is 10.2 Å². The zero-order valence-corrected chi connectivity index (χ0v) is 14.4. The SMILES string of the molecule is O=C(Cc1cc(=O)[nH]c(=S)[nH]1)N=Nc1c(O)[nH]c2ccc(Br)cc12. The van der Waals surface area contributed by atoms with Crippen LogP contribution in [0.4, 0.5) is 5.69 Å². The molecule has 0 atom stereocenters. The van der Waals surface area contributed by atoms with Crippen LogP contribution in [0, 0.1) is 4.77 Å². The van der Waals surface area contributed by atoms with Gasteiger partial charge in [-0.3, -0.25) is 14.6 Å². The third kappa shape index (κ3) is 3.49. The third-order valence-corrected chi connectivity index (χ3v) is 3.83. The molecule has 0 aliphatic rings. The quantitative estimate of drug-likeness (QED) is 0.392. The van der Waals surface area contributed by atoms with Crippen molar-refractivity contribution in [2.24, 2.45) is 10.2 Å². The average molecular weight is 408 g/mol. The van der Waals surface area contributed by atoms with Gasteiger partial charge in [0.15, 0.2) is 10.5 Å². The highest BCUT2D eigenvalue weighted by molar-refractivity contribution is 9.10. The number of hydrogen-bond donors (Lipinski definition) is 4. The van der Waals surface area contributed by atoms with E-state index in [1.807, 2.05) is 0 Å². The summed E-state index contributed by atoms with van der Waals surface area (Å²) in [4.78, 5) is 31.0. The summed E-state index contributed by atoms with van der Waals surface area (Å²) in [5.41, 5.74) is 0.755. The number of hydrogen-bond acceptors (Lipinski definition) is 5. The summed E-state index contributed by atoms with van der Waals surface area (Å²) in [6.07, 6.45) is -0.163. The number of nitrogens with one attached hydrogen (secondary N) is 3. The lowest BCUT2D eigenvalue weighted by Gasteiger charge is -1.96. The summed E-state index contributed by atoms with van der Waals surface area (Å²) in [6.45, 7) is 0. The Labute approximate surface area is 147 Å². The fourth-order valence-electron chi connectivity index (χ4n) is 2.16. The number of aromatic amines is 3. The van der Waals surface area contributed by atoms with E-state index in [4.69, 9.17) is 12.2 Å². The molecular weight excluding hydrogens is 398 g/mol. The van der Waals surface area contributed by atoms with E-state index in [1.165, 1.54) is 6.07 Å². The molecule has 0 aliphatic heterocycles. The topological polar surface area (TPSA) is 126 Å². The molecule has 4 N–H and O–H groups in total. The van der Waals surface area contributed by atoms with Crippen LogP contribution >= 0.6 is 28.1 Å². The highest BCUT2D eigenvalue weighted by Crippen LogP contribution is 2.36. The summed E-state index contributed by atoms with van der Waals surface area (Å²) in [5, 5.41) is 17.9. The Hall–Kier alpha value is -2.59. The van der Waals surface area contributed by atoms with E-state index < -0.39 is 11.5 Å². The summed E-state index contributed by atoms with van der Waals surface area (Å²) in [5.74, 6) is -0.773. The van der Waals surface area contributed by atoms with Crippen LogP contribution in [0.1, 0.15) is 5.69 Å². The van der Waals surface area contributed by atoms with E-state index >= 15 is 0 Å². The lowest BCUT2D eigenvalue weighted by Crippen LogP contribution is -2.10. The smallest absolute Gasteiger partial charge is 0.270 e. The van der Waals surface area contributed by atoms with Crippen molar-refractivity contribution in [3.8, 4) is 5.88 Å². The van der Waals surface area contributed by atoms with Gasteiger partial charge in [-0.05, 0) is 30.4 Å². The predicted octanol–water partition coefficient (Wildman–Crippen LogP) is 3.23. The minimum absolute atomic E-state index is 0.126.